The molecule has 0 aliphatic heterocycles. The van der Waals surface area contributed by atoms with E-state index in [0.717, 1.165) is 11.4 Å². The Kier molecular flexibility index (Phi) is 4.08. The number of aryl methyl sites for hydroxylation is 1. The van der Waals surface area contributed by atoms with E-state index in [4.69, 9.17) is 9.15 Å². The maximum absolute atomic E-state index is 5.95. The third-order valence-electron chi connectivity index (χ3n) is 3.75. The lowest BCUT2D eigenvalue weighted by atomic mass is 10.2. The standard InChI is InChI=1S/C16H21N3O2/c1-11(16-19-18-12(2)20-16)17-13-7-9-15(10-8-13)21-14-5-3-4-6-14/h7-11,14,17H,3-6H2,1-2H3. The van der Waals surface area contributed by atoms with Crippen molar-refractivity contribution in [3.05, 3.63) is 36.0 Å². The first-order chi connectivity index (χ1) is 10.2. The molecular weight excluding hydrogens is 266 g/mol. The van der Waals surface area contributed by atoms with Gasteiger partial charge in [0, 0.05) is 12.6 Å². The van der Waals surface area contributed by atoms with Crippen molar-refractivity contribution >= 4 is 5.69 Å². The maximum atomic E-state index is 5.95. The third kappa shape index (κ3) is 3.54. The van der Waals surface area contributed by atoms with Gasteiger partial charge in [0.25, 0.3) is 0 Å². The molecule has 21 heavy (non-hydrogen) atoms. The fourth-order valence-electron chi connectivity index (χ4n) is 2.63. The van der Waals surface area contributed by atoms with E-state index in [1.165, 1.54) is 25.7 Å². The summed E-state index contributed by atoms with van der Waals surface area (Å²) >= 11 is 0. The van der Waals surface area contributed by atoms with E-state index in [1.807, 2.05) is 31.2 Å². The molecule has 5 nitrogen and oxygen atoms in total. The van der Waals surface area contributed by atoms with Crippen molar-refractivity contribution in [2.75, 3.05) is 5.32 Å². The number of aromatic nitrogens is 2. The smallest absolute Gasteiger partial charge is 0.238 e. The average molecular weight is 287 g/mol. The molecule has 1 atom stereocenters. The van der Waals surface area contributed by atoms with Crippen LogP contribution in [-0.4, -0.2) is 16.3 Å². The van der Waals surface area contributed by atoms with Crippen molar-refractivity contribution in [1.29, 1.82) is 0 Å². The van der Waals surface area contributed by atoms with E-state index < -0.39 is 0 Å². The van der Waals surface area contributed by atoms with Crippen molar-refractivity contribution in [2.24, 2.45) is 0 Å². The van der Waals surface area contributed by atoms with Crippen LogP contribution < -0.4 is 10.1 Å². The Morgan fingerprint density at radius 3 is 2.52 bits per heavy atom. The highest BCUT2D eigenvalue weighted by atomic mass is 16.5. The molecule has 1 fully saturated rings. The highest BCUT2D eigenvalue weighted by molar-refractivity contribution is 5.47. The van der Waals surface area contributed by atoms with Gasteiger partial charge >= 0.3 is 0 Å². The van der Waals surface area contributed by atoms with Crippen molar-refractivity contribution < 1.29 is 9.15 Å². The summed E-state index contributed by atoms with van der Waals surface area (Å²) < 4.78 is 11.4. The lowest BCUT2D eigenvalue weighted by Crippen LogP contribution is -2.11. The summed E-state index contributed by atoms with van der Waals surface area (Å²) in [5.41, 5.74) is 1.01. The normalized spacial score (nSPS) is 16.9. The molecule has 1 aliphatic rings. The van der Waals surface area contributed by atoms with Crippen molar-refractivity contribution in [1.82, 2.24) is 10.2 Å². The molecule has 0 saturated heterocycles. The molecule has 0 amide bonds. The van der Waals surface area contributed by atoms with Gasteiger partial charge in [-0.05, 0) is 56.9 Å². The topological polar surface area (TPSA) is 60.2 Å². The molecule has 2 aromatic rings. The summed E-state index contributed by atoms with van der Waals surface area (Å²) in [6.45, 7) is 3.79. The van der Waals surface area contributed by atoms with Crippen molar-refractivity contribution in [3.8, 4) is 5.75 Å². The van der Waals surface area contributed by atoms with Crippen LogP contribution in [0.1, 0.15) is 50.4 Å². The second kappa shape index (κ2) is 6.16. The van der Waals surface area contributed by atoms with Crippen LogP contribution in [0.2, 0.25) is 0 Å². The number of benzene rings is 1. The molecule has 5 heteroatoms. The second-order valence-corrected chi connectivity index (χ2v) is 5.57. The van der Waals surface area contributed by atoms with Gasteiger partial charge in [0.15, 0.2) is 0 Å². The van der Waals surface area contributed by atoms with E-state index in [0.29, 0.717) is 17.9 Å². The van der Waals surface area contributed by atoms with Crippen molar-refractivity contribution in [3.63, 3.8) is 0 Å². The minimum atomic E-state index is -0.0206. The lowest BCUT2D eigenvalue weighted by Gasteiger charge is -2.15. The molecule has 1 unspecified atom stereocenters. The molecular formula is C16H21N3O2. The number of hydrogen-bond donors (Lipinski definition) is 1. The summed E-state index contributed by atoms with van der Waals surface area (Å²) in [7, 11) is 0. The zero-order valence-corrected chi connectivity index (χ0v) is 12.5. The van der Waals surface area contributed by atoms with Crippen LogP contribution in [0.25, 0.3) is 0 Å². The summed E-state index contributed by atoms with van der Waals surface area (Å²) in [4.78, 5) is 0. The molecule has 3 rings (SSSR count). The van der Waals surface area contributed by atoms with Crippen LogP contribution in [0.5, 0.6) is 5.75 Å². The fraction of sp³-hybridized carbons (Fsp3) is 0.500. The minimum Gasteiger partial charge on any atom is -0.490 e. The molecule has 1 aliphatic carbocycles. The van der Waals surface area contributed by atoms with Crippen LogP contribution >= 0.6 is 0 Å². The van der Waals surface area contributed by atoms with Gasteiger partial charge < -0.3 is 14.5 Å². The highest BCUT2D eigenvalue weighted by Crippen LogP contribution is 2.26. The van der Waals surface area contributed by atoms with Gasteiger partial charge in [-0.2, -0.15) is 0 Å². The molecule has 1 aromatic carbocycles. The molecule has 1 aromatic heterocycles. The summed E-state index contributed by atoms with van der Waals surface area (Å²) in [5, 5.41) is 11.2. The van der Waals surface area contributed by atoms with E-state index in [9.17, 15) is 0 Å². The largest absolute Gasteiger partial charge is 0.490 e. The monoisotopic (exact) mass is 287 g/mol. The molecule has 0 bridgehead atoms. The lowest BCUT2D eigenvalue weighted by molar-refractivity contribution is 0.210. The number of hydrogen-bond acceptors (Lipinski definition) is 5. The Labute approximate surface area is 124 Å². The van der Waals surface area contributed by atoms with Crippen LogP contribution in [0, 0.1) is 6.92 Å². The predicted molar refractivity (Wildman–Crippen MR) is 80.4 cm³/mol. The Bertz CT molecular complexity index is 573. The molecule has 0 spiro atoms. The van der Waals surface area contributed by atoms with Gasteiger partial charge in [-0.3, -0.25) is 0 Å². The van der Waals surface area contributed by atoms with E-state index in [1.54, 1.807) is 6.92 Å². The number of rotatable bonds is 5. The summed E-state index contributed by atoms with van der Waals surface area (Å²) in [5.74, 6) is 2.12. The van der Waals surface area contributed by atoms with Crippen LogP contribution in [0.3, 0.4) is 0 Å². The van der Waals surface area contributed by atoms with Crippen LogP contribution in [0.4, 0.5) is 5.69 Å². The molecule has 1 N–H and O–H groups in total. The zero-order chi connectivity index (χ0) is 14.7. The quantitative estimate of drug-likeness (QED) is 0.904. The number of nitrogens with one attached hydrogen (secondary N) is 1. The third-order valence-corrected chi connectivity index (χ3v) is 3.75. The number of nitrogens with zero attached hydrogens (tertiary/aromatic N) is 2. The fourth-order valence-corrected chi connectivity index (χ4v) is 2.63. The first-order valence-corrected chi connectivity index (χ1v) is 7.54. The number of ether oxygens (including phenoxy) is 1. The zero-order valence-electron chi connectivity index (χ0n) is 12.5. The number of anilines is 1. The average Bonchev–Trinajstić information content (AvgIpc) is 3.12. The van der Waals surface area contributed by atoms with Gasteiger partial charge in [-0.1, -0.05) is 0 Å². The van der Waals surface area contributed by atoms with Crippen molar-refractivity contribution in [2.45, 2.75) is 51.7 Å². The van der Waals surface area contributed by atoms with Crippen LogP contribution in [0.15, 0.2) is 28.7 Å². The molecule has 1 saturated carbocycles. The SMILES string of the molecule is Cc1nnc(C(C)Nc2ccc(OC3CCCC3)cc2)o1. The first kappa shape index (κ1) is 13.9. The predicted octanol–water partition coefficient (Wildman–Crippen LogP) is 3.87. The van der Waals surface area contributed by atoms with Gasteiger partial charge in [0.05, 0.1) is 6.10 Å². The van der Waals surface area contributed by atoms with E-state index in [2.05, 4.69) is 15.5 Å². The molecule has 112 valence electrons. The molecule has 0 radical (unpaired) electrons. The van der Waals surface area contributed by atoms with Gasteiger partial charge in [0.1, 0.15) is 11.8 Å². The second-order valence-electron chi connectivity index (χ2n) is 5.57. The van der Waals surface area contributed by atoms with E-state index >= 15 is 0 Å². The maximum Gasteiger partial charge on any atom is 0.238 e. The molecule has 1 heterocycles. The summed E-state index contributed by atoms with van der Waals surface area (Å²) in [6, 6.07) is 8.03. The van der Waals surface area contributed by atoms with Gasteiger partial charge in [-0.25, -0.2) is 0 Å². The first-order valence-electron chi connectivity index (χ1n) is 7.54. The Hall–Kier alpha value is -2.04. The Morgan fingerprint density at radius 1 is 1.19 bits per heavy atom. The highest BCUT2D eigenvalue weighted by Gasteiger charge is 2.16. The van der Waals surface area contributed by atoms with Crippen LogP contribution in [-0.2, 0) is 0 Å². The minimum absolute atomic E-state index is 0.0206. The van der Waals surface area contributed by atoms with Gasteiger partial charge in [-0.15, -0.1) is 10.2 Å². The summed E-state index contributed by atoms with van der Waals surface area (Å²) in [6.07, 6.45) is 5.31. The Balaban J connectivity index is 1.58. The Morgan fingerprint density at radius 2 is 1.90 bits per heavy atom. The van der Waals surface area contributed by atoms with Gasteiger partial charge in [0.2, 0.25) is 11.8 Å². The van der Waals surface area contributed by atoms with E-state index in [-0.39, 0.29) is 6.04 Å².